The Labute approximate surface area is 120 Å². The average Bonchev–Trinajstić information content (AvgIpc) is 2.86. The highest BCUT2D eigenvalue weighted by molar-refractivity contribution is 5.93. The van der Waals surface area contributed by atoms with E-state index in [1.807, 2.05) is 5.32 Å². The minimum Gasteiger partial charge on any atom is -0.481 e. The fourth-order valence-corrected chi connectivity index (χ4v) is 1.80. The van der Waals surface area contributed by atoms with Crippen LogP contribution >= 0.6 is 0 Å². The number of nitrogens with zero attached hydrogens (tertiary/aromatic N) is 1. The van der Waals surface area contributed by atoms with E-state index >= 15 is 0 Å². The molecule has 0 aromatic heterocycles. The lowest BCUT2D eigenvalue weighted by molar-refractivity contribution is -0.141. The summed E-state index contributed by atoms with van der Waals surface area (Å²) < 4.78 is 4.48. The number of nitrogens with one attached hydrogen (secondary N) is 1. The van der Waals surface area contributed by atoms with Gasteiger partial charge in [0.25, 0.3) is 0 Å². The highest BCUT2D eigenvalue weighted by Crippen LogP contribution is 2.23. The number of nitrogens with two attached hydrogens (primary N) is 1. The number of carboxylic acid groups (broad SMARTS) is 2. The third kappa shape index (κ3) is 5.26. The monoisotopic (exact) mass is 305 g/mol. The van der Waals surface area contributed by atoms with E-state index in [0.717, 1.165) is 4.90 Å². The minimum absolute atomic E-state index is 0.0548. The molecule has 5 N–H and O–H groups in total. The van der Waals surface area contributed by atoms with Gasteiger partial charge in [-0.1, -0.05) is 0 Å². The molecule has 0 bridgehead atoms. The molecule has 120 valence electrons. The molecular weight excluding hydrogens is 286 g/mol. The van der Waals surface area contributed by atoms with Crippen LogP contribution in [0.15, 0.2) is 0 Å². The van der Waals surface area contributed by atoms with E-state index in [9.17, 15) is 19.2 Å². The van der Waals surface area contributed by atoms with Gasteiger partial charge >= 0.3 is 24.1 Å². The van der Waals surface area contributed by atoms with Crippen LogP contribution in [0.4, 0.5) is 9.59 Å². The zero-order valence-corrected chi connectivity index (χ0v) is 11.7. The molecule has 2 unspecified atom stereocenters. The topological polar surface area (TPSA) is 159 Å². The molecule has 0 spiro atoms. The van der Waals surface area contributed by atoms with Crippen molar-refractivity contribution in [3.63, 3.8) is 0 Å². The first-order valence-electron chi connectivity index (χ1n) is 6.14. The van der Waals surface area contributed by atoms with Crippen LogP contribution in [0.25, 0.3) is 0 Å². The molecule has 1 aliphatic rings. The maximum Gasteiger partial charge on any atom is 0.415 e. The molecule has 0 saturated carbocycles. The Morgan fingerprint density at radius 1 is 1.24 bits per heavy atom. The second-order valence-electron chi connectivity index (χ2n) is 3.93. The number of carbonyl (C=O) groups excluding carboxylic acids is 2. The van der Waals surface area contributed by atoms with E-state index in [-0.39, 0.29) is 19.6 Å². The lowest BCUT2D eigenvalue weighted by Crippen LogP contribution is -2.48. The largest absolute Gasteiger partial charge is 0.481 e. The van der Waals surface area contributed by atoms with Gasteiger partial charge in [0.15, 0.2) is 0 Å². The van der Waals surface area contributed by atoms with Gasteiger partial charge in [0.1, 0.15) is 6.04 Å². The van der Waals surface area contributed by atoms with Gasteiger partial charge in [0.2, 0.25) is 0 Å². The van der Waals surface area contributed by atoms with Crippen LogP contribution in [0.5, 0.6) is 0 Å². The van der Waals surface area contributed by atoms with Gasteiger partial charge in [-0.15, -0.1) is 0 Å². The lowest BCUT2D eigenvalue weighted by atomic mass is 10.1. The average molecular weight is 305 g/mol. The summed E-state index contributed by atoms with van der Waals surface area (Å²) in [5, 5.41) is 19.6. The van der Waals surface area contributed by atoms with Crippen molar-refractivity contribution in [2.24, 2.45) is 11.7 Å². The SMILES string of the molecule is CCOC(=O)NC(=O)N1CC(C(=O)O)CC1C(=O)O.CN. The maximum absolute atomic E-state index is 11.7. The van der Waals surface area contributed by atoms with E-state index in [0.29, 0.717) is 0 Å². The number of carboxylic acids is 2. The number of ether oxygens (including phenoxy) is 1. The van der Waals surface area contributed by atoms with Crippen molar-refractivity contribution in [3.8, 4) is 0 Å². The number of rotatable bonds is 3. The van der Waals surface area contributed by atoms with Gasteiger partial charge in [-0.3, -0.25) is 4.79 Å². The fourth-order valence-electron chi connectivity index (χ4n) is 1.80. The predicted octanol–water partition coefficient (Wildman–Crippen LogP) is -0.713. The molecule has 1 fully saturated rings. The molecular formula is C11H19N3O7. The van der Waals surface area contributed by atoms with Crippen molar-refractivity contribution in [1.29, 1.82) is 0 Å². The predicted molar refractivity (Wildman–Crippen MR) is 69.5 cm³/mol. The van der Waals surface area contributed by atoms with Crippen molar-refractivity contribution in [2.75, 3.05) is 20.2 Å². The van der Waals surface area contributed by atoms with E-state index in [1.165, 1.54) is 7.05 Å². The first-order valence-corrected chi connectivity index (χ1v) is 6.14. The van der Waals surface area contributed by atoms with Crippen LogP contribution in [0, 0.1) is 5.92 Å². The molecule has 21 heavy (non-hydrogen) atoms. The molecule has 0 aromatic rings. The molecule has 1 rings (SSSR count). The van der Waals surface area contributed by atoms with Gasteiger partial charge in [-0.25, -0.2) is 19.7 Å². The standard InChI is InChI=1S/C10H14N2O7.CH5N/c1-2-19-10(18)11-9(17)12-4-5(7(13)14)3-6(12)8(15)16;1-2/h5-6H,2-4H2,1H3,(H,13,14)(H,15,16)(H,11,17,18);2H2,1H3. The zero-order valence-electron chi connectivity index (χ0n) is 11.7. The summed E-state index contributed by atoms with van der Waals surface area (Å²) in [7, 11) is 1.50. The molecule has 1 heterocycles. The van der Waals surface area contributed by atoms with Crippen molar-refractivity contribution in [3.05, 3.63) is 0 Å². The Kier molecular flexibility index (Phi) is 7.76. The van der Waals surface area contributed by atoms with Crippen molar-refractivity contribution >= 4 is 24.1 Å². The Morgan fingerprint density at radius 3 is 2.24 bits per heavy atom. The van der Waals surface area contributed by atoms with Crippen LogP contribution in [0.3, 0.4) is 0 Å². The summed E-state index contributed by atoms with van der Waals surface area (Å²) in [6.07, 6.45) is -1.20. The van der Waals surface area contributed by atoms with Gasteiger partial charge in [-0.05, 0) is 20.4 Å². The molecule has 10 heteroatoms. The summed E-state index contributed by atoms with van der Waals surface area (Å²) in [5.74, 6) is -3.46. The molecule has 2 atom stereocenters. The Balaban J connectivity index is 0.00000191. The molecule has 0 aromatic carbocycles. The van der Waals surface area contributed by atoms with Crippen LogP contribution in [0.2, 0.25) is 0 Å². The van der Waals surface area contributed by atoms with Gasteiger partial charge < -0.3 is 25.6 Å². The highest BCUT2D eigenvalue weighted by atomic mass is 16.5. The number of likely N-dealkylation sites (tertiary alicyclic amines) is 1. The first kappa shape index (κ1) is 18.6. The quantitative estimate of drug-likeness (QED) is 0.532. The Bertz CT molecular complexity index is 413. The summed E-state index contributed by atoms with van der Waals surface area (Å²) in [4.78, 5) is 45.3. The van der Waals surface area contributed by atoms with Crippen molar-refractivity contribution in [1.82, 2.24) is 10.2 Å². The number of alkyl carbamates (subject to hydrolysis) is 1. The van der Waals surface area contributed by atoms with E-state index in [1.54, 1.807) is 6.92 Å². The normalized spacial score (nSPS) is 20.0. The molecule has 0 aliphatic carbocycles. The Hall–Kier alpha value is -2.36. The molecule has 0 radical (unpaired) electrons. The summed E-state index contributed by atoms with van der Waals surface area (Å²) >= 11 is 0. The van der Waals surface area contributed by atoms with E-state index in [4.69, 9.17) is 10.2 Å². The maximum atomic E-state index is 11.7. The third-order valence-electron chi connectivity index (χ3n) is 2.68. The zero-order chi connectivity index (χ0) is 16.6. The number of hydrogen-bond donors (Lipinski definition) is 4. The smallest absolute Gasteiger partial charge is 0.415 e. The number of amides is 3. The number of carbonyl (C=O) groups is 4. The number of aliphatic carboxylic acids is 2. The lowest BCUT2D eigenvalue weighted by Gasteiger charge is -2.20. The molecule has 1 saturated heterocycles. The first-order chi connectivity index (χ1) is 9.86. The fraction of sp³-hybridized carbons (Fsp3) is 0.636. The molecule has 1 aliphatic heterocycles. The second-order valence-corrected chi connectivity index (χ2v) is 3.93. The summed E-state index contributed by atoms with van der Waals surface area (Å²) in [6.45, 7) is 1.33. The van der Waals surface area contributed by atoms with E-state index in [2.05, 4.69) is 10.5 Å². The van der Waals surface area contributed by atoms with Gasteiger partial charge in [0.05, 0.1) is 12.5 Å². The Morgan fingerprint density at radius 2 is 1.81 bits per heavy atom. The van der Waals surface area contributed by atoms with E-state index < -0.39 is 36.0 Å². The summed E-state index contributed by atoms with van der Waals surface area (Å²) in [5.41, 5.74) is 4.50. The number of hydrogen-bond acceptors (Lipinski definition) is 6. The second kappa shape index (κ2) is 8.74. The summed E-state index contributed by atoms with van der Waals surface area (Å²) in [6, 6.07) is -2.25. The van der Waals surface area contributed by atoms with Crippen LogP contribution in [-0.2, 0) is 14.3 Å². The van der Waals surface area contributed by atoms with Crippen LogP contribution in [0.1, 0.15) is 13.3 Å². The highest BCUT2D eigenvalue weighted by Gasteiger charge is 2.43. The minimum atomic E-state index is -1.32. The van der Waals surface area contributed by atoms with Crippen molar-refractivity contribution < 1.29 is 34.1 Å². The molecule has 3 amide bonds. The van der Waals surface area contributed by atoms with Crippen LogP contribution < -0.4 is 11.1 Å². The van der Waals surface area contributed by atoms with Gasteiger partial charge in [-0.2, -0.15) is 0 Å². The number of urea groups is 1. The third-order valence-corrected chi connectivity index (χ3v) is 2.68. The van der Waals surface area contributed by atoms with Crippen molar-refractivity contribution in [2.45, 2.75) is 19.4 Å². The van der Waals surface area contributed by atoms with Gasteiger partial charge in [0, 0.05) is 6.54 Å². The molecule has 10 nitrogen and oxygen atoms in total. The van der Waals surface area contributed by atoms with Crippen LogP contribution in [-0.4, -0.2) is 65.4 Å². The number of imide groups is 1.